The van der Waals surface area contributed by atoms with E-state index in [1.807, 2.05) is 46.0 Å². The molecular formula is C21H22N4O. The number of carbonyl (C=O) groups is 1. The van der Waals surface area contributed by atoms with Crippen LogP contribution in [0.15, 0.2) is 73.3 Å². The topological polar surface area (TPSA) is 51.0 Å². The van der Waals surface area contributed by atoms with Gasteiger partial charge < -0.3 is 4.90 Å². The molecule has 5 nitrogen and oxygen atoms in total. The molecule has 0 saturated carbocycles. The summed E-state index contributed by atoms with van der Waals surface area (Å²) in [6, 6.07) is 20.6. The van der Waals surface area contributed by atoms with Crippen LogP contribution >= 0.6 is 0 Å². The highest BCUT2D eigenvalue weighted by molar-refractivity contribution is 5.78. The first kappa shape index (κ1) is 16.5. The maximum atomic E-state index is 12.8. The zero-order chi connectivity index (χ0) is 17.8. The Morgan fingerprint density at radius 3 is 2.15 bits per heavy atom. The minimum absolute atomic E-state index is 0.0965. The molecule has 0 aliphatic carbocycles. The molecule has 4 rings (SSSR count). The summed E-state index contributed by atoms with van der Waals surface area (Å²) in [6.45, 7) is 2.43. The molecule has 5 heteroatoms. The van der Waals surface area contributed by atoms with Gasteiger partial charge in [-0.3, -0.25) is 9.48 Å². The maximum Gasteiger partial charge on any atom is 0.223 e. The SMILES string of the molecule is O=C(CC(c1ccccc1)c1ccccc1)N1CC(Cn2cncn2)C1. The van der Waals surface area contributed by atoms with Crippen molar-refractivity contribution in [2.24, 2.45) is 5.92 Å². The van der Waals surface area contributed by atoms with E-state index in [2.05, 4.69) is 34.3 Å². The van der Waals surface area contributed by atoms with Crippen molar-refractivity contribution >= 4 is 5.91 Å². The van der Waals surface area contributed by atoms with Crippen LogP contribution in [-0.4, -0.2) is 38.7 Å². The van der Waals surface area contributed by atoms with Crippen molar-refractivity contribution < 1.29 is 4.79 Å². The minimum Gasteiger partial charge on any atom is -0.342 e. The Balaban J connectivity index is 1.41. The van der Waals surface area contributed by atoms with Crippen LogP contribution in [0.4, 0.5) is 0 Å². The van der Waals surface area contributed by atoms with Crippen LogP contribution in [0.2, 0.25) is 0 Å². The first-order valence-electron chi connectivity index (χ1n) is 8.99. The zero-order valence-corrected chi connectivity index (χ0v) is 14.6. The second kappa shape index (κ2) is 7.52. The monoisotopic (exact) mass is 346 g/mol. The lowest BCUT2D eigenvalue weighted by atomic mass is 9.87. The molecule has 1 fully saturated rings. The van der Waals surface area contributed by atoms with Gasteiger partial charge in [-0.05, 0) is 11.1 Å². The van der Waals surface area contributed by atoms with E-state index < -0.39 is 0 Å². The summed E-state index contributed by atoms with van der Waals surface area (Å²) >= 11 is 0. The van der Waals surface area contributed by atoms with E-state index in [-0.39, 0.29) is 11.8 Å². The molecule has 0 bridgehead atoms. The summed E-state index contributed by atoms with van der Waals surface area (Å²) in [6.07, 6.45) is 3.78. The number of hydrogen-bond acceptors (Lipinski definition) is 3. The Hall–Kier alpha value is -2.95. The van der Waals surface area contributed by atoms with Crippen LogP contribution in [0.1, 0.15) is 23.5 Å². The Morgan fingerprint density at radius 2 is 1.62 bits per heavy atom. The molecule has 1 saturated heterocycles. The number of hydrogen-bond donors (Lipinski definition) is 0. The van der Waals surface area contributed by atoms with E-state index in [4.69, 9.17) is 0 Å². The lowest BCUT2D eigenvalue weighted by molar-refractivity contribution is -0.138. The maximum absolute atomic E-state index is 12.8. The molecule has 132 valence electrons. The third kappa shape index (κ3) is 3.67. The van der Waals surface area contributed by atoms with Gasteiger partial charge >= 0.3 is 0 Å². The molecule has 2 heterocycles. The molecule has 0 N–H and O–H groups in total. The van der Waals surface area contributed by atoms with Gasteiger partial charge in [-0.1, -0.05) is 60.7 Å². The number of nitrogens with zero attached hydrogens (tertiary/aromatic N) is 4. The number of benzene rings is 2. The summed E-state index contributed by atoms with van der Waals surface area (Å²) in [5.74, 6) is 0.782. The average molecular weight is 346 g/mol. The highest BCUT2D eigenvalue weighted by atomic mass is 16.2. The molecule has 0 spiro atoms. The Morgan fingerprint density at radius 1 is 1.00 bits per heavy atom. The zero-order valence-electron chi connectivity index (χ0n) is 14.6. The van der Waals surface area contributed by atoms with Crippen molar-refractivity contribution in [3.63, 3.8) is 0 Å². The minimum atomic E-state index is 0.0965. The molecule has 1 aliphatic rings. The van der Waals surface area contributed by atoms with Gasteiger partial charge in [-0.2, -0.15) is 5.10 Å². The normalized spacial score (nSPS) is 14.4. The highest BCUT2D eigenvalue weighted by Crippen LogP contribution is 2.30. The molecule has 26 heavy (non-hydrogen) atoms. The third-order valence-corrected chi connectivity index (χ3v) is 5.00. The Labute approximate surface area is 153 Å². The smallest absolute Gasteiger partial charge is 0.223 e. The van der Waals surface area contributed by atoms with Crippen LogP contribution in [0.25, 0.3) is 0 Å². The molecule has 0 radical (unpaired) electrons. The van der Waals surface area contributed by atoms with Gasteiger partial charge in [0.15, 0.2) is 0 Å². The fraction of sp³-hybridized carbons (Fsp3) is 0.286. The summed E-state index contributed by atoms with van der Waals surface area (Å²) < 4.78 is 1.84. The van der Waals surface area contributed by atoms with E-state index in [1.54, 1.807) is 12.7 Å². The molecule has 1 amide bonds. The lowest BCUT2D eigenvalue weighted by Gasteiger charge is -2.40. The van der Waals surface area contributed by atoms with Crippen molar-refractivity contribution in [3.05, 3.63) is 84.4 Å². The number of amides is 1. The van der Waals surface area contributed by atoms with E-state index >= 15 is 0 Å². The van der Waals surface area contributed by atoms with Crippen molar-refractivity contribution in [1.29, 1.82) is 0 Å². The Kier molecular flexibility index (Phi) is 4.78. The molecule has 3 aromatic rings. The largest absolute Gasteiger partial charge is 0.342 e. The van der Waals surface area contributed by atoms with Crippen molar-refractivity contribution in [2.45, 2.75) is 18.9 Å². The van der Waals surface area contributed by atoms with Crippen LogP contribution < -0.4 is 0 Å². The summed E-state index contributed by atoms with van der Waals surface area (Å²) in [7, 11) is 0. The fourth-order valence-electron chi connectivity index (χ4n) is 3.58. The van der Waals surface area contributed by atoms with Gasteiger partial charge in [0, 0.05) is 37.9 Å². The van der Waals surface area contributed by atoms with E-state index in [9.17, 15) is 4.79 Å². The summed E-state index contributed by atoms with van der Waals surface area (Å²) in [5, 5.41) is 4.14. The van der Waals surface area contributed by atoms with Gasteiger partial charge in [0.25, 0.3) is 0 Å². The predicted octanol–water partition coefficient (Wildman–Crippen LogP) is 2.96. The Bertz CT molecular complexity index is 787. The molecule has 0 atom stereocenters. The number of carbonyl (C=O) groups excluding carboxylic acids is 1. The third-order valence-electron chi connectivity index (χ3n) is 5.00. The highest BCUT2D eigenvalue weighted by Gasteiger charge is 2.32. The van der Waals surface area contributed by atoms with Gasteiger partial charge in [0.2, 0.25) is 5.91 Å². The average Bonchev–Trinajstić information content (AvgIpc) is 3.17. The van der Waals surface area contributed by atoms with Crippen LogP contribution in [0.3, 0.4) is 0 Å². The lowest BCUT2D eigenvalue weighted by Crippen LogP contribution is -2.51. The molecule has 1 aliphatic heterocycles. The van der Waals surface area contributed by atoms with Gasteiger partial charge in [0.05, 0.1) is 0 Å². The number of likely N-dealkylation sites (tertiary alicyclic amines) is 1. The quantitative estimate of drug-likeness (QED) is 0.689. The molecular weight excluding hydrogens is 324 g/mol. The number of rotatable bonds is 6. The van der Waals surface area contributed by atoms with E-state index in [1.165, 1.54) is 11.1 Å². The van der Waals surface area contributed by atoms with Crippen molar-refractivity contribution in [3.8, 4) is 0 Å². The second-order valence-corrected chi connectivity index (χ2v) is 6.86. The molecule has 2 aromatic carbocycles. The van der Waals surface area contributed by atoms with Crippen molar-refractivity contribution in [1.82, 2.24) is 19.7 Å². The standard InChI is InChI=1S/C21H22N4O/c26-21(24-12-17(13-24)14-25-16-22-15-23-25)11-20(18-7-3-1-4-8-18)19-9-5-2-6-10-19/h1-10,15-17,20H,11-14H2. The predicted molar refractivity (Wildman–Crippen MR) is 99.4 cm³/mol. The van der Waals surface area contributed by atoms with Crippen LogP contribution in [0, 0.1) is 5.92 Å². The number of aromatic nitrogens is 3. The van der Waals surface area contributed by atoms with Crippen molar-refractivity contribution in [2.75, 3.05) is 13.1 Å². The molecule has 1 aromatic heterocycles. The van der Waals surface area contributed by atoms with Gasteiger partial charge in [-0.25, -0.2) is 4.98 Å². The first-order valence-corrected chi connectivity index (χ1v) is 8.99. The first-order chi connectivity index (χ1) is 12.8. The summed E-state index contributed by atoms with van der Waals surface area (Å²) in [5.41, 5.74) is 2.37. The van der Waals surface area contributed by atoms with Gasteiger partial charge in [-0.15, -0.1) is 0 Å². The molecule has 0 unspecified atom stereocenters. The van der Waals surface area contributed by atoms with Crippen LogP contribution in [0.5, 0.6) is 0 Å². The second-order valence-electron chi connectivity index (χ2n) is 6.86. The van der Waals surface area contributed by atoms with Gasteiger partial charge in [0.1, 0.15) is 12.7 Å². The fourth-order valence-corrected chi connectivity index (χ4v) is 3.58. The summed E-state index contributed by atoms with van der Waals surface area (Å²) in [4.78, 5) is 18.7. The van der Waals surface area contributed by atoms with E-state index in [0.29, 0.717) is 12.3 Å². The van der Waals surface area contributed by atoms with Crippen LogP contribution in [-0.2, 0) is 11.3 Å². The van der Waals surface area contributed by atoms with E-state index in [0.717, 1.165) is 19.6 Å².